The summed E-state index contributed by atoms with van der Waals surface area (Å²) >= 11 is 1.46. The number of rotatable bonds is 6. The standard InChI is InChI=1S/C21H28N4O4S/c1-12-6-8-24(9-7-12)17(19-20(26)25-21(30-19)22-13(2)23-25)14-10-15(27-3)18(29-5)16(11-14)28-4/h10-12,17,26H,6-9H2,1-5H3. The maximum Gasteiger partial charge on any atom is 0.230 e. The Labute approximate surface area is 180 Å². The number of hydrogen-bond donors (Lipinski definition) is 1. The maximum absolute atomic E-state index is 11.0. The van der Waals surface area contributed by atoms with E-state index >= 15 is 0 Å². The van der Waals surface area contributed by atoms with E-state index in [9.17, 15) is 5.11 Å². The van der Waals surface area contributed by atoms with Crippen LogP contribution < -0.4 is 14.2 Å². The molecule has 0 bridgehead atoms. The van der Waals surface area contributed by atoms with Gasteiger partial charge in [0.2, 0.25) is 16.6 Å². The highest BCUT2D eigenvalue weighted by Gasteiger charge is 2.33. The smallest absolute Gasteiger partial charge is 0.230 e. The summed E-state index contributed by atoms with van der Waals surface area (Å²) in [5.74, 6) is 3.21. The summed E-state index contributed by atoms with van der Waals surface area (Å²) in [6.45, 7) is 5.99. The number of piperidine rings is 1. The molecular formula is C21H28N4O4S. The molecule has 2 aromatic heterocycles. The van der Waals surface area contributed by atoms with Crippen molar-refractivity contribution >= 4 is 16.3 Å². The van der Waals surface area contributed by atoms with Gasteiger partial charge in [-0.25, -0.2) is 4.98 Å². The quantitative estimate of drug-likeness (QED) is 0.637. The third-order valence-corrected chi connectivity index (χ3v) is 6.81. The molecule has 0 spiro atoms. The van der Waals surface area contributed by atoms with Gasteiger partial charge in [-0.15, -0.1) is 5.10 Å². The van der Waals surface area contributed by atoms with Crippen LogP contribution in [0.25, 0.3) is 4.96 Å². The minimum absolute atomic E-state index is 0.132. The highest BCUT2D eigenvalue weighted by Crippen LogP contribution is 2.46. The molecule has 0 saturated carbocycles. The number of ether oxygens (including phenoxy) is 3. The van der Waals surface area contributed by atoms with Crippen molar-refractivity contribution in [3.8, 4) is 23.1 Å². The van der Waals surface area contributed by atoms with Crippen molar-refractivity contribution in [2.75, 3.05) is 34.4 Å². The van der Waals surface area contributed by atoms with Crippen LogP contribution in [0.4, 0.5) is 0 Å². The normalized spacial score (nSPS) is 16.7. The van der Waals surface area contributed by atoms with E-state index in [-0.39, 0.29) is 11.9 Å². The molecule has 1 aliphatic heterocycles. The number of benzene rings is 1. The molecule has 0 aliphatic carbocycles. The van der Waals surface area contributed by atoms with Gasteiger partial charge in [-0.1, -0.05) is 18.3 Å². The Morgan fingerprint density at radius 3 is 2.27 bits per heavy atom. The van der Waals surface area contributed by atoms with Gasteiger partial charge in [-0.2, -0.15) is 4.52 Å². The van der Waals surface area contributed by atoms with Crippen LogP contribution >= 0.6 is 11.3 Å². The average molecular weight is 433 g/mol. The average Bonchev–Trinajstić information content (AvgIpc) is 3.25. The summed E-state index contributed by atoms with van der Waals surface area (Å²) < 4.78 is 18.2. The molecule has 8 nitrogen and oxygen atoms in total. The van der Waals surface area contributed by atoms with E-state index in [1.807, 2.05) is 19.1 Å². The Morgan fingerprint density at radius 2 is 1.73 bits per heavy atom. The number of hydrogen-bond acceptors (Lipinski definition) is 8. The zero-order valence-corrected chi connectivity index (χ0v) is 18.8. The fourth-order valence-corrected chi connectivity index (χ4v) is 5.26. The Bertz CT molecular complexity index is 1010. The number of thiazole rings is 1. The zero-order chi connectivity index (χ0) is 21.4. The van der Waals surface area contributed by atoms with Gasteiger partial charge in [0, 0.05) is 0 Å². The molecule has 162 valence electrons. The summed E-state index contributed by atoms with van der Waals surface area (Å²) in [7, 11) is 4.82. The third-order valence-electron chi connectivity index (χ3n) is 5.74. The molecule has 1 fully saturated rings. The van der Waals surface area contributed by atoms with Crippen molar-refractivity contribution in [1.82, 2.24) is 19.5 Å². The number of aryl methyl sites for hydroxylation is 1. The van der Waals surface area contributed by atoms with E-state index in [4.69, 9.17) is 14.2 Å². The summed E-state index contributed by atoms with van der Waals surface area (Å²) in [4.78, 5) is 8.34. The van der Waals surface area contributed by atoms with Crippen molar-refractivity contribution in [3.63, 3.8) is 0 Å². The number of likely N-dealkylation sites (tertiary alicyclic amines) is 1. The minimum atomic E-state index is -0.167. The van der Waals surface area contributed by atoms with E-state index in [1.54, 1.807) is 21.3 Å². The second-order valence-electron chi connectivity index (χ2n) is 7.72. The van der Waals surface area contributed by atoms with Gasteiger partial charge in [0.25, 0.3) is 0 Å². The highest BCUT2D eigenvalue weighted by molar-refractivity contribution is 7.17. The van der Waals surface area contributed by atoms with Crippen LogP contribution in [0.5, 0.6) is 23.1 Å². The molecule has 4 rings (SSSR count). The zero-order valence-electron chi connectivity index (χ0n) is 18.0. The second-order valence-corrected chi connectivity index (χ2v) is 8.73. The number of fused-ring (bicyclic) bond motifs is 1. The fourth-order valence-electron chi connectivity index (χ4n) is 4.10. The first-order valence-electron chi connectivity index (χ1n) is 10.1. The van der Waals surface area contributed by atoms with E-state index < -0.39 is 0 Å². The van der Waals surface area contributed by atoms with Crippen LogP contribution in [-0.4, -0.2) is 59.0 Å². The maximum atomic E-state index is 11.0. The number of nitrogens with zero attached hydrogens (tertiary/aromatic N) is 4. The molecule has 1 atom stereocenters. The second kappa shape index (κ2) is 8.31. The number of aromatic hydroxyl groups is 1. The van der Waals surface area contributed by atoms with Gasteiger partial charge in [0.1, 0.15) is 5.82 Å². The molecule has 1 N–H and O–H groups in total. The van der Waals surface area contributed by atoms with Crippen molar-refractivity contribution < 1.29 is 19.3 Å². The minimum Gasteiger partial charge on any atom is -0.493 e. The molecule has 1 aromatic carbocycles. The molecule has 0 radical (unpaired) electrons. The summed E-state index contributed by atoms with van der Waals surface area (Å²) in [6, 6.07) is 3.76. The molecular weight excluding hydrogens is 404 g/mol. The Kier molecular flexibility index (Phi) is 5.75. The molecule has 1 aliphatic rings. The van der Waals surface area contributed by atoms with E-state index in [2.05, 4.69) is 21.9 Å². The Balaban J connectivity index is 1.87. The van der Waals surface area contributed by atoms with Crippen LogP contribution in [0, 0.1) is 12.8 Å². The molecule has 0 amide bonds. The van der Waals surface area contributed by atoms with Crippen LogP contribution in [-0.2, 0) is 0 Å². The van der Waals surface area contributed by atoms with Crippen LogP contribution in [0.3, 0.4) is 0 Å². The number of methoxy groups -OCH3 is 3. The van der Waals surface area contributed by atoms with Gasteiger partial charge in [0.05, 0.1) is 32.2 Å². The van der Waals surface area contributed by atoms with Crippen molar-refractivity contribution in [3.05, 3.63) is 28.4 Å². The first-order chi connectivity index (χ1) is 14.5. The molecule has 9 heteroatoms. The summed E-state index contributed by atoms with van der Waals surface area (Å²) in [6.07, 6.45) is 2.23. The van der Waals surface area contributed by atoms with Gasteiger partial charge >= 0.3 is 0 Å². The lowest BCUT2D eigenvalue weighted by Gasteiger charge is -2.36. The van der Waals surface area contributed by atoms with E-state index in [0.29, 0.717) is 34.0 Å². The summed E-state index contributed by atoms with van der Waals surface area (Å²) in [5.41, 5.74) is 0.968. The van der Waals surface area contributed by atoms with E-state index in [1.165, 1.54) is 15.9 Å². The first-order valence-corrected chi connectivity index (χ1v) is 10.9. The molecule has 3 heterocycles. The SMILES string of the molecule is COc1cc(C(c2sc3nc(C)nn3c2O)N2CCC(C)CC2)cc(OC)c1OC. The van der Waals surface area contributed by atoms with Crippen molar-refractivity contribution in [1.29, 1.82) is 0 Å². The lowest BCUT2D eigenvalue weighted by Crippen LogP contribution is -2.36. The lowest BCUT2D eigenvalue weighted by atomic mass is 9.95. The van der Waals surface area contributed by atoms with Gasteiger partial charge < -0.3 is 19.3 Å². The predicted octanol–water partition coefficient (Wildman–Crippen LogP) is 3.65. The first kappa shape index (κ1) is 20.7. The Hall–Kier alpha value is -2.52. The number of aromatic nitrogens is 3. The lowest BCUT2D eigenvalue weighted by molar-refractivity contribution is 0.157. The van der Waals surface area contributed by atoms with Gasteiger partial charge in [-0.3, -0.25) is 4.90 Å². The van der Waals surface area contributed by atoms with Crippen molar-refractivity contribution in [2.24, 2.45) is 5.92 Å². The van der Waals surface area contributed by atoms with Crippen LogP contribution in [0.1, 0.15) is 42.1 Å². The Morgan fingerprint density at radius 1 is 1.10 bits per heavy atom. The molecule has 1 saturated heterocycles. The van der Waals surface area contributed by atoms with Crippen LogP contribution in [0.15, 0.2) is 12.1 Å². The largest absolute Gasteiger partial charge is 0.493 e. The fraction of sp³-hybridized carbons (Fsp3) is 0.524. The van der Waals surface area contributed by atoms with Gasteiger partial charge in [-0.05, 0) is 56.5 Å². The highest BCUT2D eigenvalue weighted by atomic mass is 32.1. The third kappa shape index (κ3) is 3.56. The molecule has 1 unspecified atom stereocenters. The van der Waals surface area contributed by atoms with Crippen molar-refractivity contribution in [2.45, 2.75) is 32.7 Å². The van der Waals surface area contributed by atoms with Crippen LogP contribution in [0.2, 0.25) is 0 Å². The molecule has 30 heavy (non-hydrogen) atoms. The van der Waals surface area contributed by atoms with E-state index in [0.717, 1.165) is 36.4 Å². The summed E-state index contributed by atoms with van der Waals surface area (Å²) in [5, 5.41) is 15.4. The molecule has 3 aromatic rings. The predicted molar refractivity (Wildman–Crippen MR) is 115 cm³/mol. The monoisotopic (exact) mass is 432 g/mol. The van der Waals surface area contributed by atoms with Gasteiger partial charge in [0.15, 0.2) is 11.5 Å². The topological polar surface area (TPSA) is 81.4 Å².